The lowest BCUT2D eigenvalue weighted by Gasteiger charge is -2.26. The largest absolute Gasteiger partial charge is 0.378 e. The summed E-state index contributed by atoms with van der Waals surface area (Å²) in [6, 6.07) is 15.7. The number of fused-ring (bicyclic) bond motifs is 1. The molecule has 0 bridgehead atoms. The molecule has 0 radical (unpaired) electrons. The number of carbonyl (C=O) groups is 1. The smallest absolute Gasteiger partial charge is 0.254 e. The number of ether oxygens (including phenoxy) is 1. The molecule has 0 aliphatic carbocycles. The van der Waals surface area contributed by atoms with E-state index in [1.165, 1.54) is 0 Å². The minimum absolute atomic E-state index is 0.0296. The number of benzene rings is 2. The van der Waals surface area contributed by atoms with Crippen molar-refractivity contribution >= 4 is 28.3 Å². The molecule has 1 amide bonds. The van der Waals surface area contributed by atoms with Crippen molar-refractivity contribution in [1.29, 1.82) is 0 Å². The van der Waals surface area contributed by atoms with Gasteiger partial charge in [0.2, 0.25) is 0 Å². The van der Waals surface area contributed by atoms with Gasteiger partial charge in [0.1, 0.15) is 0 Å². The average Bonchev–Trinajstić information content (AvgIpc) is 3.41. The molecule has 6 nitrogen and oxygen atoms in total. The zero-order valence-electron chi connectivity index (χ0n) is 15.1. The molecule has 28 heavy (non-hydrogen) atoms. The van der Waals surface area contributed by atoms with Gasteiger partial charge in [-0.05, 0) is 18.2 Å². The first-order valence-electron chi connectivity index (χ1n) is 9.16. The molecular formula is C21H18N4O2S. The number of H-pyrrole nitrogens is 1. The van der Waals surface area contributed by atoms with Crippen LogP contribution in [0.4, 0.5) is 0 Å². The van der Waals surface area contributed by atoms with Crippen LogP contribution in [0.15, 0.2) is 53.9 Å². The normalized spacial score (nSPS) is 14.5. The SMILES string of the molecule is O=C(c1ccc2nc(-c3nc(-c4ccccc4)cs3)[nH]c2c1)N1CCOCC1. The van der Waals surface area contributed by atoms with Crippen LogP contribution in [0.5, 0.6) is 0 Å². The van der Waals surface area contributed by atoms with E-state index in [1.807, 2.05) is 58.8 Å². The van der Waals surface area contributed by atoms with Crippen LogP contribution in [0.3, 0.4) is 0 Å². The molecule has 0 unspecified atom stereocenters. The predicted octanol–water partition coefficient (Wildman–Crippen LogP) is 3.83. The van der Waals surface area contributed by atoms with Crippen LogP contribution >= 0.6 is 11.3 Å². The van der Waals surface area contributed by atoms with Gasteiger partial charge in [-0.3, -0.25) is 4.79 Å². The van der Waals surface area contributed by atoms with E-state index in [4.69, 9.17) is 9.72 Å². The number of hydrogen-bond acceptors (Lipinski definition) is 5. The van der Waals surface area contributed by atoms with Crippen molar-refractivity contribution in [2.24, 2.45) is 0 Å². The Morgan fingerprint density at radius 1 is 1.07 bits per heavy atom. The third-order valence-electron chi connectivity index (χ3n) is 4.80. The number of hydrogen-bond donors (Lipinski definition) is 1. The Morgan fingerprint density at radius 3 is 2.71 bits per heavy atom. The molecule has 7 heteroatoms. The zero-order valence-corrected chi connectivity index (χ0v) is 15.9. The molecule has 1 aliphatic rings. The fourth-order valence-electron chi connectivity index (χ4n) is 3.32. The van der Waals surface area contributed by atoms with E-state index in [-0.39, 0.29) is 5.91 Å². The lowest BCUT2D eigenvalue weighted by Crippen LogP contribution is -2.40. The molecule has 0 atom stereocenters. The monoisotopic (exact) mass is 390 g/mol. The second kappa shape index (κ2) is 7.18. The van der Waals surface area contributed by atoms with Crippen molar-refractivity contribution in [2.75, 3.05) is 26.3 Å². The van der Waals surface area contributed by atoms with Crippen LogP contribution in [0, 0.1) is 0 Å². The highest BCUT2D eigenvalue weighted by Crippen LogP contribution is 2.28. The number of carbonyl (C=O) groups excluding carboxylic acids is 1. The van der Waals surface area contributed by atoms with Crippen LogP contribution in [0.1, 0.15) is 10.4 Å². The fraction of sp³-hybridized carbons (Fsp3) is 0.190. The highest BCUT2D eigenvalue weighted by atomic mass is 32.1. The highest BCUT2D eigenvalue weighted by molar-refractivity contribution is 7.13. The lowest BCUT2D eigenvalue weighted by atomic mass is 10.1. The van der Waals surface area contributed by atoms with Crippen LogP contribution in [-0.4, -0.2) is 52.1 Å². The van der Waals surface area contributed by atoms with Crippen LogP contribution < -0.4 is 0 Å². The summed E-state index contributed by atoms with van der Waals surface area (Å²) in [5.74, 6) is 0.750. The molecule has 1 aliphatic heterocycles. The molecule has 5 rings (SSSR count). The van der Waals surface area contributed by atoms with Gasteiger partial charge in [0.05, 0.1) is 29.9 Å². The van der Waals surface area contributed by atoms with Crippen LogP contribution in [0.2, 0.25) is 0 Å². The Labute approximate surface area is 165 Å². The number of amides is 1. The van der Waals surface area contributed by atoms with E-state index < -0.39 is 0 Å². The predicted molar refractivity (Wildman–Crippen MR) is 109 cm³/mol. The molecule has 0 spiro atoms. The summed E-state index contributed by atoms with van der Waals surface area (Å²) in [5, 5.41) is 2.86. The van der Waals surface area contributed by atoms with Gasteiger partial charge in [0, 0.05) is 29.6 Å². The number of rotatable bonds is 3. The second-order valence-corrected chi connectivity index (χ2v) is 7.48. The van der Waals surface area contributed by atoms with Gasteiger partial charge in [-0.1, -0.05) is 30.3 Å². The number of nitrogens with one attached hydrogen (secondary N) is 1. The summed E-state index contributed by atoms with van der Waals surface area (Å²) in [4.78, 5) is 27.2. The van der Waals surface area contributed by atoms with Crippen molar-refractivity contribution in [3.63, 3.8) is 0 Å². The van der Waals surface area contributed by atoms with E-state index >= 15 is 0 Å². The maximum Gasteiger partial charge on any atom is 0.254 e. The number of aromatic nitrogens is 3. The molecule has 2 aromatic heterocycles. The standard InChI is InChI=1S/C21H18N4O2S/c26-21(25-8-10-27-11-9-25)15-6-7-16-17(12-15)23-19(22-16)20-24-18(13-28-20)14-4-2-1-3-5-14/h1-7,12-13H,8-11H2,(H,22,23). The van der Waals surface area contributed by atoms with E-state index in [0.717, 1.165) is 33.1 Å². The maximum absolute atomic E-state index is 12.7. The van der Waals surface area contributed by atoms with Gasteiger partial charge in [0.25, 0.3) is 5.91 Å². The van der Waals surface area contributed by atoms with Gasteiger partial charge in [-0.25, -0.2) is 9.97 Å². The maximum atomic E-state index is 12.7. The molecule has 1 saturated heterocycles. The van der Waals surface area contributed by atoms with Gasteiger partial charge in [0.15, 0.2) is 10.8 Å². The third-order valence-corrected chi connectivity index (χ3v) is 5.65. The Hall–Kier alpha value is -3.03. The third kappa shape index (κ3) is 3.19. The molecule has 4 aromatic rings. The summed E-state index contributed by atoms with van der Waals surface area (Å²) in [6.07, 6.45) is 0. The summed E-state index contributed by atoms with van der Waals surface area (Å²) >= 11 is 1.55. The zero-order chi connectivity index (χ0) is 18.9. The van der Waals surface area contributed by atoms with E-state index in [9.17, 15) is 4.79 Å². The van der Waals surface area contributed by atoms with E-state index in [2.05, 4.69) is 9.97 Å². The van der Waals surface area contributed by atoms with Gasteiger partial charge < -0.3 is 14.6 Å². The first-order chi connectivity index (χ1) is 13.8. The number of morpholine rings is 1. The molecule has 0 saturated carbocycles. The number of nitrogens with zero attached hydrogens (tertiary/aromatic N) is 3. The van der Waals surface area contributed by atoms with Gasteiger partial charge in [-0.15, -0.1) is 11.3 Å². The van der Waals surface area contributed by atoms with Gasteiger partial charge >= 0.3 is 0 Å². The van der Waals surface area contributed by atoms with Crippen molar-refractivity contribution in [2.45, 2.75) is 0 Å². The van der Waals surface area contributed by atoms with Crippen molar-refractivity contribution in [3.05, 3.63) is 59.5 Å². The molecular weight excluding hydrogens is 372 g/mol. The summed E-state index contributed by atoms with van der Waals surface area (Å²) in [7, 11) is 0. The molecule has 3 heterocycles. The fourth-order valence-corrected chi connectivity index (χ4v) is 4.09. The topological polar surface area (TPSA) is 71.1 Å². The molecule has 1 fully saturated rings. The summed E-state index contributed by atoms with van der Waals surface area (Å²) in [5.41, 5.74) is 4.34. The Kier molecular flexibility index (Phi) is 4.38. The molecule has 1 N–H and O–H groups in total. The van der Waals surface area contributed by atoms with Crippen LogP contribution in [-0.2, 0) is 4.74 Å². The average molecular weight is 390 g/mol. The first kappa shape index (κ1) is 17.1. The first-order valence-corrected chi connectivity index (χ1v) is 10.0. The minimum atomic E-state index is 0.0296. The van der Waals surface area contributed by atoms with Crippen molar-refractivity contribution < 1.29 is 9.53 Å². The minimum Gasteiger partial charge on any atom is -0.378 e. The second-order valence-electron chi connectivity index (χ2n) is 6.63. The molecule has 140 valence electrons. The number of imidazole rings is 1. The van der Waals surface area contributed by atoms with E-state index in [1.54, 1.807) is 11.3 Å². The molecule has 2 aromatic carbocycles. The van der Waals surface area contributed by atoms with Crippen molar-refractivity contribution in [1.82, 2.24) is 19.9 Å². The summed E-state index contributed by atoms with van der Waals surface area (Å²) < 4.78 is 5.33. The number of thiazole rings is 1. The van der Waals surface area contributed by atoms with Crippen molar-refractivity contribution in [3.8, 4) is 22.1 Å². The Balaban J connectivity index is 1.44. The number of aromatic amines is 1. The Bertz CT molecular complexity index is 1130. The quantitative estimate of drug-likeness (QED) is 0.577. The highest BCUT2D eigenvalue weighted by Gasteiger charge is 2.19. The van der Waals surface area contributed by atoms with Gasteiger partial charge in [-0.2, -0.15) is 0 Å². The van der Waals surface area contributed by atoms with E-state index in [0.29, 0.717) is 31.9 Å². The van der Waals surface area contributed by atoms with Crippen LogP contribution in [0.25, 0.3) is 33.1 Å². The summed E-state index contributed by atoms with van der Waals surface area (Å²) in [6.45, 7) is 2.45. The lowest BCUT2D eigenvalue weighted by molar-refractivity contribution is 0.0303. The Morgan fingerprint density at radius 2 is 1.89 bits per heavy atom.